The minimum Gasteiger partial charge on any atom is -0.286 e. The van der Waals surface area contributed by atoms with Crippen LogP contribution < -0.4 is 0 Å². The zero-order valence-electron chi connectivity index (χ0n) is 25.5. The normalized spacial score (nSPS) is 11.8. The Morgan fingerprint density at radius 1 is 0.425 bits per heavy atom. The van der Waals surface area contributed by atoms with Crippen LogP contribution in [0.3, 0.4) is 0 Å². The number of allylic oxidation sites excluding steroid dienone is 1. The van der Waals surface area contributed by atoms with Gasteiger partial charge in [0, 0.05) is 16.7 Å². The van der Waals surface area contributed by atoms with Crippen molar-refractivity contribution in [3.8, 4) is 0 Å². The quantitative estimate of drug-likeness (QED) is 0.0881. The first-order valence-corrected chi connectivity index (χ1v) is 16.4. The highest BCUT2D eigenvalue weighted by Gasteiger charge is 2.26. The van der Waals surface area contributed by atoms with Gasteiger partial charge in [-0.05, 0) is 18.9 Å². The van der Waals surface area contributed by atoms with Crippen molar-refractivity contribution in [1.82, 2.24) is 0 Å². The van der Waals surface area contributed by atoms with E-state index in [2.05, 4.69) is 110 Å². The highest BCUT2D eigenvalue weighted by molar-refractivity contribution is 5.18. The van der Waals surface area contributed by atoms with Crippen molar-refractivity contribution in [3.63, 3.8) is 0 Å². The predicted octanol–water partition coefficient (Wildman–Crippen LogP) is 11.8. The van der Waals surface area contributed by atoms with Gasteiger partial charge in [0.2, 0.25) is 0 Å². The van der Waals surface area contributed by atoms with Crippen LogP contribution in [-0.2, 0) is 19.6 Å². The van der Waals surface area contributed by atoms with Gasteiger partial charge in [-0.2, -0.15) is 0 Å². The molecule has 0 bridgehead atoms. The van der Waals surface area contributed by atoms with Crippen LogP contribution in [0.5, 0.6) is 0 Å². The third-order valence-corrected chi connectivity index (χ3v) is 8.17. The number of unbranched alkanes of at least 4 members (excludes halogenated alkanes) is 14. The molecule has 216 valence electrons. The molecule has 0 heterocycles. The van der Waals surface area contributed by atoms with Crippen molar-refractivity contribution < 1.29 is 4.48 Å². The molecule has 0 fully saturated rings. The van der Waals surface area contributed by atoms with Gasteiger partial charge >= 0.3 is 0 Å². The van der Waals surface area contributed by atoms with Gasteiger partial charge < -0.3 is 0 Å². The summed E-state index contributed by atoms with van der Waals surface area (Å²) in [7, 11) is 0. The lowest BCUT2D eigenvalue weighted by Gasteiger charge is -2.36. The molecule has 0 amide bonds. The summed E-state index contributed by atoms with van der Waals surface area (Å²) in [5.41, 5.74) is 4.20. The van der Waals surface area contributed by atoms with Crippen molar-refractivity contribution in [2.24, 2.45) is 0 Å². The van der Waals surface area contributed by atoms with E-state index in [-0.39, 0.29) is 0 Å². The second-order valence-corrected chi connectivity index (χ2v) is 11.9. The van der Waals surface area contributed by atoms with Crippen LogP contribution in [0.25, 0.3) is 0 Å². The molecule has 0 unspecified atom stereocenters. The van der Waals surface area contributed by atoms with Crippen LogP contribution >= 0.6 is 0 Å². The molecular formula is C39H56N+. The van der Waals surface area contributed by atoms with Crippen molar-refractivity contribution in [3.05, 3.63) is 120 Å². The molecule has 0 spiro atoms. The maximum Gasteiger partial charge on any atom is 0.109 e. The Morgan fingerprint density at radius 3 is 1.10 bits per heavy atom. The number of quaternary nitrogens is 1. The van der Waals surface area contributed by atoms with Crippen LogP contribution in [0.2, 0.25) is 0 Å². The molecule has 3 aromatic carbocycles. The standard InChI is InChI=1S/C39H56N/c1-2-3-4-5-6-7-8-9-10-11-12-13-14-15-16-26-33-40(34-37-27-20-17-21-28-37,35-38-29-22-18-23-30-38)36-39-31-24-19-25-32-39/h17-33H,2-16,34-36H2,1H3/q+1/b33-26+. The zero-order chi connectivity index (χ0) is 28.0. The van der Waals surface area contributed by atoms with E-state index in [4.69, 9.17) is 0 Å². The van der Waals surface area contributed by atoms with Gasteiger partial charge in [0.05, 0.1) is 6.20 Å². The minimum atomic E-state index is 0.913. The van der Waals surface area contributed by atoms with E-state index in [1.54, 1.807) is 0 Å². The lowest BCUT2D eigenvalue weighted by molar-refractivity contribution is -0.919. The molecule has 0 aliphatic carbocycles. The van der Waals surface area contributed by atoms with Gasteiger partial charge in [0.1, 0.15) is 19.6 Å². The van der Waals surface area contributed by atoms with E-state index in [9.17, 15) is 0 Å². The Bertz CT molecular complexity index is 907. The number of nitrogens with zero attached hydrogens (tertiary/aromatic N) is 1. The van der Waals surface area contributed by atoms with Crippen molar-refractivity contribution in [2.75, 3.05) is 0 Å². The molecule has 3 rings (SSSR count). The fourth-order valence-electron chi connectivity index (χ4n) is 5.92. The first-order valence-electron chi connectivity index (χ1n) is 16.4. The fourth-order valence-corrected chi connectivity index (χ4v) is 5.92. The van der Waals surface area contributed by atoms with Crippen LogP contribution in [0.15, 0.2) is 103 Å². The third kappa shape index (κ3) is 13.6. The average molecular weight is 539 g/mol. The van der Waals surface area contributed by atoms with E-state index in [1.807, 2.05) is 0 Å². The molecule has 1 heteroatoms. The number of hydrogen-bond acceptors (Lipinski definition) is 0. The Balaban J connectivity index is 1.46. The van der Waals surface area contributed by atoms with Crippen LogP contribution in [0.1, 0.15) is 120 Å². The maximum atomic E-state index is 2.52. The van der Waals surface area contributed by atoms with Crippen LogP contribution in [0, 0.1) is 0 Å². The van der Waals surface area contributed by atoms with Crippen molar-refractivity contribution in [2.45, 2.75) is 123 Å². The Labute approximate surface area is 246 Å². The van der Waals surface area contributed by atoms with Gasteiger partial charge in [-0.25, -0.2) is 0 Å². The van der Waals surface area contributed by atoms with Crippen molar-refractivity contribution in [1.29, 1.82) is 0 Å². The monoisotopic (exact) mass is 538 g/mol. The predicted molar refractivity (Wildman–Crippen MR) is 175 cm³/mol. The summed E-state index contributed by atoms with van der Waals surface area (Å²) >= 11 is 0. The summed E-state index contributed by atoms with van der Waals surface area (Å²) in [6, 6.07) is 33.1. The molecule has 3 aromatic rings. The third-order valence-electron chi connectivity index (χ3n) is 8.17. The molecule has 0 atom stereocenters. The first-order chi connectivity index (χ1) is 19.8. The number of rotatable bonds is 22. The Kier molecular flexibility index (Phi) is 16.2. The van der Waals surface area contributed by atoms with Gasteiger partial charge in [-0.1, -0.05) is 181 Å². The van der Waals surface area contributed by atoms with E-state index in [0.29, 0.717) is 0 Å². The summed E-state index contributed by atoms with van der Waals surface area (Å²) < 4.78 is 0.913. The summed E-state index contributed by atoms with van der Waals surface area (Å²) in [5, 5.41) is 0. The summed E-state index contributed by atoms with van der Waals surface area (Å²) in [5.74, 6) is 0. The second kappa shape index (κ2) is 20.3. The smallest absolute Gasteiger partial charge is 0.109 e. The molecule has 0 aliphatic rings. The molecule has 0 radical (unpaired) electrons. The van der Waals surface area contributed by atoms with Gasteiger partial charge in [-0.3, -0.25) is 4.48 Å². The highest BCUT2D eigenvalue weighted by Crippen LogP contribution is 2.26. The lowest BCUT2D eigenvalue weighted by Crippen LogP contribution is -2.40. The van der Waals surface area contributed by atoms with E-state index >= 15 is 0 Å². The largest absolute Gasteiger partial charge is 0.286 e. The molecule has 0 saturated heterocycles. The Morgan fingerprint density at radius 2 is 0.750 bits per heavy atom. The van der Waals surface area contributed by atoms with E-state index < -0.39 is 0 Å². The molecule has 1 nitrogen and oxygen atoms in total. The first kappa shape index (κ1) is 31.9. The van der Waals surface area contributed by atoms with Gasteiger partial charge in [-0.15, -0.1) is 0 Å². The number of benzene rings is 3. The maximum absolute atomic E-state index is 2.52. The van der Waals surface area contributed by atoms with E-state index in [1.165, 1.54) is 113 Å². The number of hydrogen-bond donors (Lipinski definition) is 0. The topological polar surface area (TPSA) is 0 Å². The van der Waals surface area contributed by atoms with Crippen LogP contribution in [0.4, 0.5) is 0 Å². The summed E-state index contributed by atoms with van der Waals surface area (Å²) in [4.78, 5) is 0. The molecule has 0 saturated carbocycles. The van der Waals surface area contributed by atoms with Gasteiger partial charge in [0.15, 0.2) is 0 Å². The lowest BCUT2D eigenvalue weighted by atomic mass is 10.0. The second-order valence-electron chi connectivity index (χ2n) is 11.9. The SMILES string of the molecule is CCCCCCCCCCCCCCCC/C=C/[N+](Cc1ccccc1)(Cc1ccccc1)Cc1ccccc1. The minimum absolute atomic E-state index is 0.913. The summed E-state index contributed by atoms with van der Waals surface area (Å²) in [6.07, 6.45) is 26.0. The highest BCUT2D eigenvalue weighted by atomic mass is 15.3. The van der Waals surface area contributed by atoms with Crippen LogP contribution in [-0.4, -0.2) is 4.48 Å². The Hall–Kier alpha value is -2.64. The average Bonchev–Trinajstić information content (AvgIpc) is 2.98. The summed E-state index contributed by atoms with van der Waals surface area (Å²) in [6.45, 7) is 5.30. The van der Waals surface area contributed by atoms with E-state index in [0.717, 1.165) is 24.1 Å². The molecule has 0 aliphatic heterocycles. The van der Waals surface area contributed by atoms with Gasteiger partial charge in [0.25, 0.3) is 0 Å². The molecular weight excluding hydrogens is 482 g/mol. The van der Waals surface area contributed by atoms with Crippen molar-refractivity contribution >= 4 is 0 Å². The molecule has 40 heavy (non-hydrogen) atoms. The molecule has 0 aromatic heterocycles. The zero-order valence-corrected chi connectivity index (χ0v) is 25.5. The molecule has 0 N–H and O–H groups in total. The fraction of sp³-hybridized carbons (Fsp3) is 0.487.